The number of hydrogen-bond donors (Lipinski definition) is 0. The average molecular weight is 703 g/mol. The minimum absolute atomic E-state index is 0.872. The third kappa shape index (κ3) is 5.13. The summed E-state index contributed by atoms with van der Waals surface area (Å²) < 4.78 is 8.78. The van der Waals surface area contributed by atoms with Crippen LogP contribution in [0, 0.1) is 0 Å². The largest absolute Gasteiger partial charge is 0.456 e. The van der Waals surface area contributed by atoms with E-state index in [1.807, 2.05) is 12.1 Å². The topological polar surface area (TPSA) is 21.3 Å². The van der Waals surface area contributed by atoms with Gasteiger partial charge < -0.3 is 13.9 Å². The Morgan fingerprint density at radius 3 is 1.75 bits per heavy atom. The Bertz CT molecular complexity index is 3180. The molecule has 3 nitrogen and oxygen atoms in total. The number of fused-ring (bicyclic) bond motifs is 8. The van der Waals surface area contributed by atoms with Gasteiger partial charge in [-0.25, -0.2) is 0 Å². The van der Waals surface area contributed by atoms with Crippen molar-refractivity contribution >= 4 is 71.6 Å². The lowest BCUT2D eigenvalue weighted by Gasteiger charge is -2.26. The molecule has 3 heteroatoms. The predicted octanol–water partition coefficient (Wildman–Crippen LogP) is 14.6. The molecule has 0 aliphatic heterocycles. The third-order valence-corrected chi connectivity index (χ3v) is 11.0. The quantitative estimate of drug-likeness (QED) is 0.172. The number of aromatic nitrogens is 1. The summed E-state index contributed by atoms with van der Waals surface area (Å²) in [4.78, 5) is 2.35. The molecule has 0 aliphatic carbocycles. The summed E-state index contributed by atoms with van der Waals surface area (Å²) in [5.41, 5.74) is 13.3. The lowest BCUT2D eigenvalue weighted by Crippen LogP contribution is -2.10. The number of hydrogen-bond acceptors (Lipinski definition) is 2. The van der Waals surface area contributed by atoms with E-state index in [2.05, 4.69) is 204 Å². The molecule has 11 aromatic rings. The van der Waals surface area contributed by atoms with Crippen molar-refractivity contribution in [2.75, 3.05) is 4.90 Å². The Kier molecular flexibility index (Phi) is 7.17. The number of para-hydroxylation sites is 2. The van der Waals surface area contributed by atoms with E-state index in [1.165, 1.54) is 54.8 Å². The van der Waals surface area contributed by atoms with Gasteiger partial charge in [0, 0.05) is 38.6 Å². The summed E-state index contributed by atoms with van der Waals surface area (Å²) in [6, 6.07) is 73.9. The van der Waals surface area contributed by atoms with Gasteiger partial charge in [0.05, 0.1) is 22.1 Å². The molecule has 0 N–H and O–H groups in total. The van der Waals surface area contributed by atoms with Gasteiger partial charge in [0.2, 0.25) is 0 Å². The van der Waals surface area contributed by atoms with E-state index >= 15 is 0 Å². The van der Waals surface area contributed by atoms with Gasteiger partial charge in [0.25, 0.3) is 0 Å². The minimum atomic E-state index is 0.872. The Balaban J connectivity index is 1.06. The van der Waals surface area contributed by atoms with Gasteiger partial charge in [-0.3, -0.25) is 0 Å². The van der Waals surface area contributed by atoms with E-state index in [0.29, 0.717) is 0 Å². The Morgan fingerprint density at radius 1 is 0.382 bits per heavy atom. The fourth-order valence-electron chi connectivity index (χ4n) is 8.41. The van der Waals surface area contributed by atoms with E-state index in [-0.39, 0.29) is 0 Å². The van der Waals surface area contributed by atoms with Crippen LogP contribution in [-0.2, 0) is 0 Å². The third-order valence-electron chi connectivity index (χ3n) is 11.0. The van der Waals surface area contributed by atoms with E-state index in [0.717, 1.165) is 44.7 Å². The molecule has 0 aliphatic rings. The van der Waals surface area contributed by atoms with Gasteiger partial charge in [-0.15, -0.1) is 0 Å². The molecule has 0 unspecified atom stereocenters. The van der Waals surface area contributed by atoms with Crippen LogP contribution in [0.4, 0.5) is 17.1 Å². The van der Waals surface area contributed by atoms with E-state index in [4.69, 9.17) is 4.42 Å². The lowest BCUT2D eigenvalue weighted by molar-refractivity contribution is 0.669. The first-order valence-electron chi connectivity index (χ1n) is 18.8. The van der Waals surface area contributed by atoms with Crippen molar-refractivity contribution in [2.24, 2.45) is 0 Å². The van der Waals surface area contributed by atoms with Crippen LogP contribution in [0.2, 0.25) is 0 Å². The summed E-state index contributed by atoms with van der Waals surface area (Å²) in [6.07, 6.45) is 0. The van der Waals surface area contributed by atoms with Gasteiger partial charge in [-0.2, -0.15) is 0 Å². The van der Waals surface area contributed by atoms with Crippen molar-refractivity contribution < 1.29 is 4.42 Å². The molecule has 9 aromatic carbocycles. The fraction of sp³-hybridized carbons (Fsp3) is 0. The number of benzene rings is 9. The zero-order valence-corrected chi connectivity index (χ0v) is 29.9. The van der Waals surface area contributed by atoms with Crippen molar-refractivity contribution in [3.63, 3.8) is 0 Å². The smallest absolute Gasteiger partial charge is 0.137 e. The SMILES string of the molecule is c1ccc(-c2ccc(N(c3ccc(-c4ccc5c(c4)c4ccc6ccccc6c4n5-c4ccccc4)cc3)c3cccc4oc5ccccc5c34)cc2)cc1. The van der Waals surface area contributed by atoms with Gasteiger partial charge >= 0.3 is 0 Å². The Labute approximate surface area is 318 Å². The molecule has 55 heavy (non-hydrogen) atoms. The molecule has 2 aromatic heterocycles. The maximum atomic E-state index is 6.36. The highest BCUT2D eigenvalue weighted by molar-refractivity contribution is 6.19. The van der Waals surface area contributed by atoms with Crippen molar-refractivity contribution in [1.29, 1.82) is 0 Å². The zero-order chi connectivity index (χ0) is 36.3. The van der Waals surface area contributed by atoms with E-state index in [1.54, 1.807) is 0 Å². The number of rotatable bonds is 6. The second kappa shape index (κ2) is 12.6. The van der Waals surface area contributed by atoms with E-state index < -0.39 is 0 Å². The van der Waals surface area contributed by atoms with Crippen LogP contribution in [0.15, 0.2) is 211 Å². The molecule has 0 atom stereocenters. The second-order valence-corrected chi connectivity index (χ2v) is 14.1. The molecular formula is C52H34N2O. The van der Waals surface area contributed by atoms with Gasteiger partial charge in [-0.05, 0) is 94.4 Å². The molecule has 11 rings (SSSR count). The highest BCUT2D eigenvalue weighted by Gasteiger charge is 2.20. The monoisotopic (exact) mass is 702 g/mol. The predicted molar refractivity (Wildman–Crippen MR) is 231 cm³/mol. The molecule has 0 bridgehead atoms. The van der Waals surface area contributed by atoms with Crippen molar-refractivity contribution in [3.8, 4) is 27.9 Å². The average Bonchev–Trinajstić information content (AvgIpc) is 3.81. The van der Waals surface area contributed by atoms with Crippen LogP contribution in [0.3, 0.4) is 0 Å². The number of anilines is 3. The minimum Gasteiger partial charge on any atom is -0.456 e. The Hall–Kier alpha value is -7.36. The molecule has 0 saturated heterocycles. The number of furan rings is 1. The van der Waals surface area contributed by atoms with Crippen LogP contribution in [0.25, 0.3) is 82.5 Å². The summed E-state index contributed by atoms with van der Waals surface area (Å²) in [6.45, 7) is 0. The van der Waals surface area contributed by atoms with Crippen LogP contribution in [0.1, 0.15) is 0 Å². The van der Waals surface area contributed by atoms with Gasteiger partial charge in [-0.1, -0.05) is 140 Å². The molecule has 0 saturated carbocycles. The molecule has 0 spiro atoms. The fourth-order valence-corrected chi connectivity index (χ4v) is 8.41. The summed E-state index contributed by atoms with van der Waals surface area (Å²) in [7, 11) is 0. The maximum Gasteiger partial charge on any atom is 0.137 e. The number of nitrogens with zero attached hydrogens (tertiary/aromatic N) is 2. The standard InChI is InChI=1S/C52H34N2O/c1-3-12-35(13-4-1)36-22-28-41(29-23-36)53(48-19-11-21-50-51(48)45-18-9-10-20-49(45)55-50)42-30-24-37(25-31-42)39-27-33-47-46(34-39)44-32-26-38-14-7-8-17-43(38)52(44)54(47)40-15-5-2-6-16-40/h1-34H. The molecule has 2 heterocycles. The van der Waals surface area contributed by atoms with Crippen LogP contribution < -0.4 is 4.90 Å². The lowest BCUT2D eigenvalue weighted by atomic mass is 10.0. The summed E-state index contributed by atoms with van der Waals surface area (Å²) in [5, 5.41) is 7.19. The highest BCUT2D eigenvalue weighted by atomic mass is 16.3. The van der Waals surface area contributed by atoms with Gasteiger partial charge in [0.1, 0.15) is 11.2 Å². The highest BCUT2D eigenvalue weighted by Crippen LogP contribution is 2.44. The van der Waals surface area contributed by atoms with Crippen molar-refractivity contribution in [2.45, 2.75) is 0 Å². The molecule has 0 radical (unpaired) electrons. The second-order valence-electron chi connectivity index (χ2n) is 14.1. The van der Waals surface area contributed by atoms with Crippen LogP contribution in [0.5, 0.6) is 0 Å². The molecule has 0 amide bonds. The van der Waals surface area contributed by atoms with Crippen molar-refractivity contribution in [3.05, 3.63) is 206 Å². The van der Waals surface area contributed by atoms with Crippen molar-refractivity contribution in [1.82, 2.24) is 4.57 Å². The van der Waals surface area contributed by atoms with E-state index in [9.17, 15) is 0 Å². The molecule has 0 fully saturated rings. The normalized spacial score (nSPS) is 11.6. The first-order valence-corrected chi connectivity index (χ1v) is 18.8. The molecule has 258 valence electrons. The van der Waals surface area contributed by atoms with Gasteiger partial charge in [0.15, 0.2) is 0 Å². The maximum absolute atomic E-state index is 6.36. The first kappa shape index (κ1) is 31.2. The van der Waals surface area contributed by atoms with Crippen LogP contribution >= 0.6 is 0 Å². The summed E-state index contributed by atoms with van der Waals surface area (Å²) in [5.74, 6) is 0. The molecular weight excluding hydrogens is 669 g/mol. The van der Waals surface area contributed by atoms with Crippen LogP contribution in [-0.4, -0.2) is 4.57 Å². The first-order chi connectivity index (χ1) is 27.3. The summed E-state index contributed by atoms with van der Waals surface area (Å²) >= 11 is 0. The Morgan fingerprint density at radius 2 is 0.982 bits per heavy atom. The zero-order valence-electron chi connectivity index (χ0n) is 29.9.